The van der Waals surface area contributed by atoms with Gasteiger partial charge in [0.2, 0.25) is 0 Å². The zero-order valence-electron chi connectivity index (χ0n) is 15.7. The Balaban J connectivity index is 2.06. The van der Waals surface area contributed by atoms with Crippen molar-refractivity contribution in [2.24, 2.45) is 7.05 Å². The molecule has 3 rings (SSSR count). The minimum Gasteiger partial charge on any atom is -0.506 e. The van der Waals surface area contributed by atoms with Crippen LogP contribution >= 0.6 is 11.6 Å². The van der Waals surface area contributed by atoms with E-state index in [0.29, 0.717) is 5.02 Å². The van der Waals surface area contributed by atoms with Gasteiger partial charge in [0.1, 0.15) is 22.8 Å². The van der Waals surface area contributed by atoms with Crippen molar-refractivity contribution in [3.05, 3.63) is 63.2 Å². The zero-order valence-corrected chi connectivity index (χ0v) is 16.4. The molecule has 0 bridgehead atoms. The number of ether oxygens (including phenoxy) is 1. The molecule has 29 heavy (non-hydrogen) atoms. The van der Waals surface area contributed by atoms with Crippen molar-refractivity contribution < 1.29 is 23.8 Å². The van der Waals surface area contributed by atoms with Crippen molar-refractivity contribution in [3.8, 4) is 17.2 Å². The van der Waals surface area contributed by atoms with Crippen molar-refractivity contribution in [2.45, 2.75) is 19.8 Å². The van der Waals surface area contributed by atoms with Gasteiger partial charge in [-0.15, -0.1) is 0 Å². The molecule has 0 radical (unpaired) electrons. The number of rotatable bonds is 6. The summed E-state index contributed by atoms with van der Waals surface area (Å²) in [7, 11) is 1.44. The fraction of sp³-hybridized carbons (Fsp3) is 0.190. The van der Waals surface area contributed by atoms with Gasteiger partial charge in [-0.3, -0.25) is 9.59 Å². The van der Waals surface area contributed by atoms with Gasteiger partial charge in [0.15, 0.2) is 17.3 Å². The third-order valence-corrected chi connectivity index (χ3v) is 4.68. The maximum atomic E-state index is 13.9. The number of aryl methyl sites for hydroxylation is 1. The molecular weight excluding hydrogens is 401 g/mol. The van der Waals surface area contributed by atoms with Crippen LogP contribution in [0.15, 0.2) is 41.2 Å². The van der Waals surface area contributed by atoms with E-state index < -0.39 is 22.9 Å². The Morgan fingerprint density at radius 1 is 1.17 bits per heavy atom. The predicted octanol–water partition coefficient (Wildman–Crippen LogP) is 4.38. The Morgan fingerprint density at radius 3 is 2.59 bits per heavy atom. The smallest absolute Gasteiger partial charge is 0.265 e. The molecule has 2 aromatic carbocycles. The molecule has 0 aliphatic carbocycles. The lowest BCUT2D eigenvalue weighted by molar-refractivity contribution is -0.116. The van der Waals surface area contributed by atoms with Gasteiger partial charge in [0, 0.05) is 42.4 Å². The average Bonchev–Trinajstić information content (AvgIpc) is 2.67. The number of carbonyl (C=O) groups is 2. The molecule has 8 heteroatoms. The predicted molar refractivity (Wildman–Crippen MR) is 107 cm³/mol. The van der Waals surface area contributed by atoms with Crippen molar-refractivity contribution in [1.82, 2.24) is 4.57 Å². The monoisotopic (exact) mass is 417 g/mol. The van der Waals surface area contributed by atoms with E-state index in [9.17, 15) is 23.9 Å². The highest BCUT2D eigenvalue weighted by Crippen LogP contribution is 2.33. The number of ketones is 2. The van der Waals surface area contributed by atoms with Gasteiger partial charge in [0.05, 0.1) is 5.52 Å². The first-order valence-electron chi connectivity index (χ1n) is 8.70. The SMILES string of the molecule is CC(=O)CCC(=O)c1c(O)c2ccc(Oc3cc(Cl)ccc3F)cc2n(C)c1=O. The molecule has 1 N–H and O–H groups in total. The topological polar surface area (TPSA) is 85.6 Å². The highest BCUT2D eigenvalue weighted by molar-refractivity contribution is 6.30. The van der Waals surface area contributed by atoms with Crippen LogP contribution in [0, 0.1) is 5.82 Å². The zero-order chi connectivity index (χ0) is 21.3. The summed E-state index contributed by atoms with van der Waals surface area (Å²) < 4.78 is 20.6. The van der Waals surface area contributed by atoms with Crippen LogP contribution < -0.4 is 10.3 Å². The van der Waals surface area contributed by atoms with Crippen molar-refractivity contribution in [3.63, 3.8) is 0 Å². The summed E-state index contributed by atoms with van der Waals surface area (Å²) in [6.45, 7) is 1.34. The van der Waals surface area contributed by atoms with Crippen LogP contribution in [0.25, 0.3) is 10.9 Å². The van der Waals surface area contributed by atoms with E-state index in [1.54, 1.807) is 0 Å². The van der Waals surface area contributed by atoms with Crippen LogP contribution in [-0.2, 0) is 11.8 Å². The molecule has 0 saturated heterocycles. The van der Waals surface area contributed by atoms with Crippen LogP contribution in [0.4, 0.5) is 4.39 Å². The minimum absolute atomic E-state index is 0.0164. The number of aromatic hydroxyl groups is 1. The van der Waals surface area contributed by atoms with Crippen LogP contribution in [0.2, 0.25) is 5.02 Å². The van der Waals surface area contributed by atoms with E-state index in [1.807, 2.05) is 0 Å². The second-order valence-electron chi connectivity index (χ2n) is 6.57. The van der Waals surface area contributed by atoms with Crippen LogP contribution in [0.5, 0.6) is 17.2 Å². The van der Waals surface area contributed by atoms with Gasteiger partial charge < -0.3 is 19.2 Å². The summed E-state index contributed by atoms with van der Waals surface area (Å²) in [5.41, 5.74) is -0.777. The number of benzene rings is 2. The lowest BCUT2D eigenvalue weighted by atomic mass is 10.0. The summed E-state index contributed by atoms with van der Waals surface area (Å²) in [6.07, 6.45) is -0.184. The Morgan fingerprint density at radius 2 is 1.90 bits per heavy atom. The third kappa shape index (κ3) is 4.14. The first-order chi connectivity index (χ1) is 13.7. The number of fused-ring (bicyclic) bond motifs is 1. The van der Waals surface area contributed by atoms with E-state index in [-0.39, 0.29) is 46.6 Å². The Bertz CT molecular complexity index is 1200. The molecule has 0 aliphatic heterocycles. The Hall–Kier alpha value is -3.19. The van der Waals surface area contributed by atoms with Gasteiger partial charge in [0.25, 0.3) is 5.56 Å². The average molecular weight is 418 g/mol. The molecular formula is C21H17ClFNO5. The maximum Gasteiger partial charge on any atom is 0.265 e. The largest absolute Gasteiger partial charge is 0.506 e. The molecule has 0 saturated carbocycles. The molecule has 0 fully saturated rings. The van der Waals surface area contributed by atoms with Gasteiger partial charge in [-0.05, 0) is 31.2 Å². The first kappa shape index (κ1) is 20.5. The summed E-state index contributed by atoms with van der Waals surface area (Å²) >= 11 is 5.86. The highest BCUT2D eigenvalue weighted by Gasteiger charge is 2.21. The van der Waals surface area contributed by atoms with Crippen LogP contribution in [0.1, 0.15) is 30.1 Å². The number of nitrogens with zero attached hydrogens (tertiary/aromatic N) is 1. The summed E-state index contributed by atoms with van der Waals surface area (Å²) in [5.74, 6) is -1.76. The van der Waals surface area contributed by atoms with E-state index in [4.69, 9.17) is 16.3 Å². The summed E-state index contributed by atoms with van der Waals surface area (Å²) in [6, 6.07) is 8.24. The van der Waals surface area contributed by atoms with Crippen LogP contribution in [0.3, 0.4) is 0 Å². The van der Waals surface area contributed by atoms with E-state index in [0.717, 1.165) is 0 Å². The number of pyridine rings is 1. The van der Waals surface area contributed by atoms with Crippen molar-refractivity contribution >= 4 is 34.1 Å². The second kappa shape index (κ2) is 8.05. The molecule has 0 atom stereocenters. The number of aromatic nitrogens is 1. The first-order valence-corrected chi connectivity index (χ1v) is 9.08. The Labute approximate surface area is 170 Å². The van der Waals surface area contributed by atoms with Crippen molar-refractivity contribution in [1.29, 1.82) is 0 Å². The van der Waals surface area contributed by atoms with Crippen LogP contribution in [-0.4, -0.2) is 21.2 Å². The number of halogens is 2. The standard InChI is InChI=1S/C21H17ClFNO5/c1-11(25)3-8-17(26)19-20(27)14-6-5-13(10-16(14)24(2)21(19)28)29-18-9-12(22)4-7-15(18)23/h4-7,9-10,27H,3,8H2,1-2H3. The fourth-order valence-corrected chi connectivity index (χ4v) is 3.08. The minimum atomic E-state index is -0.699. The molecule has 1 heterocycles. The highest BCUT2D eigenvalue weighted by atomic mass is 35.5. The van der Waals surface area contributed by atoms with Gasteiger partial charge in [-0.25, -0.2) is 4.39 Å². The van der Waals surface area contributed by atoms with Gasteiger partial charge >= 0.3 is 0 Å². The number of carbonyl (C=O) groups excluding carboxylic acids is 2. The van der Waals surface area contributed by atoms with E-state index in [1.165, 1.54) is 54.9 Å². The lowest BCUT2D eigenvalue weighted by Crippen LogP contribution is -2.25. The Kier molecular flexibility index (Phi) is 5.70. The van der Waals surface area contributed by atoms with Crippen molar-refractivity contribution in [2.75, 3.05) is 0 Å². The quantitative estimate of drug-likeness (QED) is 0.601. The number of Topliss-reactive ketones (excluding diaryl/α,β-unsaturated/α-hetero) is 2. The van der Waals surface area contributed by atoms with E-state index in [2.05, 4.69) is 0 Å². The fourth-order valence-electron chi connectivity index (χ4n) is 2.91. The molecule has 150 valence electrons. The molecule has 1 aromatic heterocycles. The summed E-state index contributed by atoms with van der Waals surface area (Å²) in [5, 5.41) is 11.1. The van der Waals surface area contributed by atoms with Gasteiger partial charge in [-0.2, -0.15) is 0 Å². The normalized spacial score (nSPS) is 10.9. The molecule has 0 aliphatic rings. The maximum absolute atomic E-state index is 13.9. The number of hydrogen-bond donors (Lipinski definition) is 1. The molecule has 0 amide bonds. The molecule has 6 nitrogen and oxygen atoms in total. The lowest BCUT2D eigenvalue weighted by Gasteiger charge is -2.13. The second-order valence-corrected chi connectivity index (χ2v) is 7.01. The van der Waals surface area contributed by atoms with Gasteiger partial charge in [-0.1, -0.05) is 11.6 Å². The molecule has 3 aromatic rings. The third-order valence-electron chi connectivity index (χ3n) is 4.44. The molecule has 0 unspecified atom stereocenters. The van der Waals surface area contributed by atoms with E-state index >= 15 is 0 Å². The number of hydrogen-bond acceptors (Lipinski definition) is 5. The molecule has 0 spiro atoms. The summed E-state index contributed by atoms with van der Waals surface area (Å²) in [4.78, 5) is 36.1.